The first kappa shape index (κ1) is 17.9. The van der Waals surface area contributed by atoms with E-state index in [9.17, 15) is 4.79 Å². The number of carbonyl (C=O) groups excluding carboxylic acids is 1. The average molecular weight is 341 g/mol. The molecule has 1 aromatic carbocycles. The third-order valence-corrected chi connectivity index (χ3v) is 4.85. The molecule has 0 radical (unpaired) electrons. The number of amides is 1. The first-order valence-corrected chi connectivity index (χ1v) is 7.91. The molecule has 2 bridgehead atoms. The van der Waals surface area contributed by atoms with Crippen LogP contribution in [-0.4, -0.2) is 50.2 Å². The summed E-state index contributed by atoms with van der Waals surface area (Å²) in [5.74, 6) is 1.39. The third-order valence-electron chi connectivity index (χ3n) is 4.85. The van der Waals surface area contributed by atoms with Crippen molar-refractivity contribution in [1.29, 1.82) is 0 Å². The van der Waals surface area contributed by atoms with Crippen molar-refractivity contribution in [3.63, 3.8) is 0 Å². The van der Waals surface area contributed by atoms with Gasteiger partial charge >= 0.3 is 0 Å². The number of hydrogen-bond donors (Lipinski definition) is 1. The summed E-state index contributed by atoms with van der Waals surface area (Å²) in [5.41, 5.74) is 1.65. The van der Waals surface area contributed by atoms with Gasteiger partial charge in [0.2, 0.25) is 0 Å². The van der Waals surface area contributed by atoms with E-state index in [4.69, 9.17) is 9.47 Å². The summed E-state index contributed by atoms with van der Waals surface area (Å²) in [7, 11) is 3.21. The number of rotatable bonds is 3. The predicted molar refractivity (Wildman–Crippen MR) is 92.0 cm³/mol. The molecule has 128 valence electrons. The fourth-order valence-corrected chi connectivity index (χ4v) is 3.66. The number of hydrogen-bond acceptors (Lipinski definition) is 4. The largest absolute Gasteiger partial charge is 0.493 e. The summed E-state index contributed by atoms with van der Waals surface area (Å²) in [4.78, 5) is 15.2. The van der Waals surface area contributed by atoms with Crippen molar-refractivity contribution in [2.45, 2.75) is 38.3 Å². The number of nitrogens with one attached hydrogen (secondary N) is 1. The van der Waals surface area contributed by atoms with Gasteiger partial charge in [0.25, 0.3) is 5.91 Å². The summed E-state index contributed by atoms with van der Waals surface area (Å²) < 4.78 is 10.7. The fourth-order valence-electron chi connectivity index (χ4n) is 3.66. The standard InChI is InChI=1S/C17H24N2O3.ClH/c1-11-8-15(21-2)16(22-3)9-14(11)17(20)19-12-4-5-13(19)10-18-7-6-12;/h8-9,12-13,18H,4-7,10H2,1-3H3;1H. The van der Waals surface area contributed by atoms with Crippen LogP contribution in [0.5, 0.6) is 11.5 Å². The number of aryl methyl sites for hydroxylation is 1. The van der Waals surface area contributed by atoms with Gasteiger partial charge in [0, 0.05) is 24.2 Å². The third kappa shape index (κ3) is 3.26. The van der Waals surface area contributed by atoms with E-state index in [0.29, 0.717) is 23.6 Å². The minimum Gasteiger partial charge on any atom is -0.493 e. The van der Waals surface area contributed by atoms with E-state index in [1.54, 1.807) is 14.2 Å². The van der Waals surface area contributed by atoms with Crippen LogP contribution in [0.3, 0.4) is 0 Å². The second-order valence-electron chi connectivity index (χ2n) is 6.11. The molecular formula is C17H25ClN2O3. The van der Waals surface area contributed by atoms with E-state index in [0.717, 1.165) is 43.5 Å². The maximum Gasteiger partial charge on any atom is 0.254 e. The van der Waals surface area contributed by atoms with Crippen molar-refractivity contribution in [2.24, 2.45) is 0 Å². The van der Waals surface area contributed by atoms with Gasteiger partial charge in [0.1, 0.15) is 0 Å². The maximum atomic E-state index is 13.1. The molecule has 1 aromatic rings. The summed E-state index contributed by atoms with van der Waals surface area (Å²) in [6.45, 7) is 3.84. The van der Waals surface area contributed by atoms with Crippen molar-refractivity contribution in [3.8, 4) is 11.5 Å². The summed E-state index contributed by atoms with van der Waals surface area (Å²) in [5, 5.41) is 3.43. The van der Waals surface area contributed by atoms with Gasteiger partial charge in [-0.3, -0.25) is 4.79 Å². The van der Waals surface area contributed by atoms with Crippen LogP contribution in [0.4, 0.5) is 0 Å². The molecule has 5 nitrogen and oxygen atoms in total. The van der Waals surface area contributed by atoms with Crippen LogP contribution < -0.4 is 14.8 Å². The van der Waals surface area contributed by atoms with Crippen molar-refractivity contribution in [1.82, 2.24) is 10.2 Å². The van der Waals surface area contributed by atoms with Crippen LogP contribution in [0, 0.1) is 6.92 Å². The van der Waals surface area contributed by atoms with Crippen molar-refractivity contribution in [2.75, 3.05) is 27.3 Å². The smallest absolute Gasteiger partial charge is 0.254 e. The Morgan fingerprint density at radius 2 is 1.78 bits per heavy atom. The lowest BCUT2D eigenvalue weighted by molar-refractivity contribution is 0.0679. The number of benzene rings is 1. The molecule has 2 aliphatic rings. The van der Waals surface area contributed by atoms with Gasteiger partial charge < -0.3 is 19.7 Å². The minimum absolute atomic E-state index is 0. The van der Waals surface area contributed by atoms with E-state index in [-0.39, 0.29) is 18.3 Å². The quantitative estimate of drug-likeness (QED) is 0.918. The van der Waals surface area contributed by atoms with Crippen molar-refractivity contribution >= 4 is 18.3 Å². The van der Waals surface area contributed by atoms with Crippen LogP contribution in [0.25, 0.3) is 0 Å². The van der Waals surface area contributed by atoms with Gasteiger partial charge in [-0.1, -0.05) is 0 Å². The maximum absolute atomic E-state index is 13.1. The molecule has 0 aliphatic carbocycles. The van der Waals surface area contributed by atoms with Crippen LogP contribution in [0.2, 0.25) is 0 Å². The van der Waals surface area contributed by atoms with E-state index in [1.165, 1.54) is 0 Å². The van der Waals surface area contributed by atoms with Gasteiger partial charge in [-0.2, -0.15) is 0 Å². The number of halogens is 1. The number of ether oxygens (including phenoxy) is 2. The van der Waals surface area contributed by atoms with E-state index in [2.05, 4.69) is 10.2 Å². The van der Waals surface area contributed by atoms with Gasteiger partial charge in [-0.05, 0) is 50.4 Å². The van der Waals surface area contributed by atoms with Crippen LogP contribution in [0.1, 0.15) is 35.2 Å². The molecule has 0 spiro atoms. The zero-order chi connectivity index (χ0) is 15.7. The molecular weight excluding hydrogens is 316 g/mol. The normalized spacial score (nSPS) is 23.0. The monoisotopic (exact) mass is 340 g/mol. The average Bonchev–Trinajstić information content (AvgIpc) is 2.79. The topological polar surface area (TPSA) is 50.8 Å². The Morgan fingerprint density at radius 3 is 2.48 bits per heavy atom. The second kappa shape index (κ2) is 7.41. The highest BCUT2D eigenvalue weighted by atomic mass is 35.5. The Kier molecular flexibility index (Phi) is 5.76. The number of carbonyl (C=O) groups is 1. The highest BCUT2D eigenvalue weighted by Crippen LogP contribution is 2.34. The van der Waals surface area contributed by atoms with E-state index < -0.39 is 0 Å². The van der Waals surface area contributed by atoms with Gasteiger partial charge in [0.15, 0.2) is 11.5 Å². The molecule has 23 heavy (non-hydrogen) atoms. The lowest BCUT2D eigenvalue weighted by Crippen LogP contribution is -2.42. The molecule has 3 rings (SSSR count). The highest BCUT2D eigenvalue weighted by Gasteiger charge is 2.38. The predicted octanol–water partition coefficient (Wildman–Crippen LogP) is 2.40. The van der Waals surface area contributed by atoms with E-state index >= 15 is 0 Å². The van der Waals surface area contributed by atoms with E-state index in [1.807, 2.05) is 19.1 Å². The Balaban J connectivity index is 0.00000192. The summed E-state index contributed by atoms with van der Waals surface area (Å²) in [6, 6.07) is 4.37. The van der Waals surface area contributed by atoms with Crippen LogP contribution >= 0.6 is 12.4 Å². The van der Waals surface area contributed by atoms with Gasteiger partial charge in [-0.15, -0.1) is 12.4 Å². The van der Waals surface area contributed by atoms with Gasteiger partial charge in [0.05, 0.1) is 14.2 Å². The number of methoxy groups -OCH3 is 2. The summed E-state index contributed by atoms with van der Waals surface area (Å²) >= 11 is 0. The molecule has 2 atom stereocenters. The lowest BCUT2D eigenvalue weighted by atomic mass is 10.0. The summed E-state index contributed by atoms with van der Waals surface area (Å²) in [6.07, 6.45) is 3.24. The molecule has 6 heteroatoms. The molecule has 2 aliphatic heterocycles. The molecule has 2 heterocycles. The fraction of sp³-hybridized carbons (Fsp3) is 0.588. The molecule has 2 saturated heterocycles. The zero-order valence-corrected chi connectivity index (χ0v) is 14.7. The molecule has 0 aromatic heterocycles. The molecule has 1 N–H and O–H groups in total. The van der Waals surface area contributed by atoms with Crippen LogP contribution in [-0.2, 0) is 0 Å². The van der Waals surface area contributed by atoms with Crippen LogP contribution in [0.15, 0.2) is 12.1 Å². The Bertz CT molecular complexity index is 565. The molecule has 0 saturated carbocycles. The Hall–Kier alpha value is -1.46. The molecule has 1 amide bonds. The van der Waals surface area contributed by atoms with Crippen molar-refractivity contribution in [3.05, 3.63) is 23.3 Å². The second-order valence-corrected chi connectivity index (χ2v) is 6.11. The first-order chi connectivity index (χ1) is 10.7. The van der Waals surface area contributed by atoms with Gasteiger partial charge in [-0.25, -0.2) is 0 Å². The zero-order valence-electron chi connectivity index (χ0n) is 13.9. The molecule has 2 unspecified atom stereocenters. The lowest BCUT2D eigenvalue weighted by Gasteiger charge is -2.28. The Morgan fingerprint density at radius 1 is 1.13 bits per heavy atom. The highest BCUT2D eigenvalue weighted by molar-refractivity contribution is 5.97. The van der Waals surface area contributed by atoms with Crippen molar-refractivity contribution < 1.29 is 14.3 Å². The SMILES string of the molecule is COc1cc(C)c(C(=O)N2C3CCNCC2CC3)cc1OC.Cl. The Labute approximate surface area is 143 Å². The number of nitrogens with zero attached hydrogens (tertiary/aromatic N) is 1. The number of fused-ring (bicyclic) bond motifs is 2. The molecule has 2 fully saturated rings. The minimum atomic E-state index is 0. The first-order valence-electron chi connectivity index (χ1n) is 7.91.